The number of carbonyl (C=O) groups is 1. The molecule has 11 heteroatoms. The molecule has 0 aliphatic rings. The van der Waals surface area contributed by atoms with Gasteiger partial charge in [-0.25, -0.2) is 18.4 Å². The van der Waals surface area contributed by atoms with Crippen LogP contribution in [-0.4, -0.2) is 31.2 Å². The second-order valence-electron chi connectivity index (χ2n) is 4.50. The molecule has 1 unspecified atom stereocenters. The second kappa shape index (κ2) is 7.06. The molecule has 2 aromatic rings. The Labute approximate surface area is 138 Å². The quantitative estimate of drug-likeness (QED) is 0.794. The zero-order valence-corrected chi connectivity index (χ0v) is 14.6. The van der Waals surface area contributed by atoms with E-state index in [0.717, 1.165) is 15.0 Å². The molecule has 2 rings (SSSR count). The van der Waals surface area contributed by atoms with Crippen LogP contribution in [0.4, 0.5) is 4.79 Å². The summed E-state index contributed by atoms with van der Waals surface area (Å²) in [5.74, 6) is 0. The minimum atomic E-state index is -1.88. The van der Waals surface area contributed by atoms with Crippen molar-refractivity contribution >= 4 is 28.4 Å². The summed E-state index contributed by atoms with van der Waals surface area (Å²) in [6.07, 6.45) is 0. The Morgan fingerprint density at radius 1 is 1.48 bits per heavy atom. The van der Waals surface area contributed by atoms with Gasteiger partial charge in [0.1, 0.15) is 0 Å². The molecule has 0 aliphatic carbocycles. The molecular weight excluding hydrogens is 344 g/mol. The summed E-state index contributed by atoms with van der Waals surface area (Å²) in [7, 11) is 1.42. The predicted octanol–water partition coefficient (Wildman–Crippen LogP) is 0.871. The zero-order chi connectivity index (χ0) is 17.1. The first kappa shape index (κ1) is 17.4. The number of hydroxylamine groups is 1. The van der Waals surface area contributed by atoms with Gasteiger partial charge in [0.25, 0.3) is 0 Å². The molecule has 126 valence electrons. The second-order valence-corrected chi connectivity index (χ2v) is 6.63. The third kappa shape index (κ3) is 3.51. The Morgan fingerprint density at radius 2 is 2.17 bits per heavy atom. The lowest BCUT2D eigenvalue weighted by Crippen LogP contribution is -2.37. The Balaban J connectivity index is 2.10. The highest BCUT2D eigenvalue weighted by atomic mass is 32.2. The standard InChI is InChI=1S/C12H16N4O5S2/c1-5-20-11-13-16(12(18)15(11)4)10(17)14-21-23(19)9-7(2)6-22-8(9)3/h6H,5H2,1-4H3,(H,14,17). The fraction of sp³-hybridized carbons (Fsp3) is 0.417. The molecule has 2 aromatic heterocycles. The minimum absolute atomic E-state index is 0.00158. The number of aryl methyl sites for hydroxylation is 2. The van der Waals surface area contributed by atoms with Gasteiger partial charge < -0.3 is 4.74 Å². The topological polar surface area (TPSA) is 104 Å². The third-order valence-electron chi connectivity index (χ3n) is 2.87. The number of hydrogen-bond donors (Lipinski definition) is 1. The lowest BCUT2D eigenvalue weighted by Gasteiger charge is -2.04. The summed E-state index contributed by atoms with van der Waals surface area (Å²) in [4.78, 5) is 25.1. The van der Waals surface area contributed by atoms with Crippen LogP contribution in [0, 0.1) is 13.8 Å². The first-order chi connectivity index (χ1) is 10.9. The molecule has 1 amide bonds. The first-order valence-electron chi connectivity index (χ1n) is 6.59. The van der Waals surface area contributed by atoms with Gasteiger partial charge in [-0.3, -0.25) is 0 Å². The lowest BCUT2D eigenvalue weighted by atomic mass is 10.3. The molecule has 0 spiro atoms. The number of hydrogen-bond acceptors (Lipinski definition) is 7. The van der Waals surface area contributed by atoms with Crippen molar-refractivity contribution in [3.05, 3.63) is 26.3 Å². The van der Waals surface area contributed by atoms with Crippen LogP contribution in [0.3, 0.4) is 0 Å². The number of amides is 1. The average molecular weight is 360 g/mol. The van der Waals surface area contributed by atoms with Gasteiger partial charge in [-0.1, -0.05) is 0 Å². The van der Waals surface area contributed by atoms with Crippen molar-refractivity contribution in [3.63, 3.8) is 0 Å². The van der Waals surface area contributed by atoms with E-state index >= 15 is 0 Å². The number of aromatic nitrogens is 3. The number of thiophene rings is 1. The van der Waals surface area contributed by atoms with Gasteiger partial charge in [-0.15, -0.1) is 21.1 Å². The van der Waals surface area contributed by atoms with Crippen molar-refractivity contribution < 1.29 is 18.0 Å². The van der Waals surface area contributed by atoms with Crippen molar-refractivity contribution in [1.82, 2.24) is 19.8 Å². The normalized spacial score (nSPS) is 12.2. The van der Waals surface area contributed by atoms with Gasteiger partial charge in [-0.2, -0.15) is 9.76 Å². The SMILES string of the molecule is CCOc1nn(C(=O)NOS(=O)c2c(C)csc2C)c(=O)n1C. The summed E-state index contributed by atoms with van der Waals surface area (Å²) < 4.78 is 23.7. The van der Waals surface area contributed by atoms with Crippen LogP contribution >= 0.6 is 11.3 Å². The molecule has 9 nitrogen and oxygen atoms in total. The van der Waals surface area contributed by atoms with E-state index in [1.165, 1.54) is 18.4 Å². The van der Waals surface area contributed by atoms with E-state index in [1.807, 2.05) is 10.9 Å². The maximum atomic E-state index is 12.1. The van der Waals surface area contributed by atoms with E-state index in [1.54, 1.807) is 20.8 Å². The van der Waals surface area contributed by atoms with Gasteiger partial charge in [0.05, 0.1) is 11.5 Å². The van der Waals surface area contributed by atoms with Gasteiger partial charge in [0.2, 0.25) is 11.1 Å². The van der Waals surface area contributed by atoms with Crippen molar-refractivity contribution in [2.24, 2.45) is 7.05 Å². The summed E-state index contributed by atoms with van der Waals surface area (Å²) in [5, 5.41) is 5.57. The van der Waals surface area contributed by atoms with Crippen LogP contribution in [0.2, 0.25) is 0 Å². The van der Waals surface area contributed by atoms with Crippen LogP contribution in [0.1, 0.15) is 17.4 Å². The van der Waals surface area contributed by atoms with Crippen molar-refractivity contribution in [1.29, 1.82) is 0 Å². The summed E-state index contributed by atoms with van der Waals surface area (Å²) in [6.45, 7) is 5.61. The largest absolute Gasteiger partial charge is 0.464 e. The smallest absolute Gasteiger partial charge is 0.371 e. The molecule has 0 radical (unpaired) electrons. The minimum Gasteiger partial charge on any atom is -0.464 e. The van der Waals surface area contributed by atoms with Crippen LogP contribution < -0.4 is 15.9 Å². The predicted molar refractivity (Wildman–Crippen MR) is 83.9 cm³/mol. The van der Waals surface area contributed by atoms with Crippen LogP contribution in [0.5, 0.6) is 6.01 Å². The van der Waals surface area contributed by atoms with Crippen LogP contribution in [-0.2, 0) is 22.4 Å². The number of nitrogens with zero attached hydrogens (tertiary/aromatic N) is 3. The van der Waals surface area contributed by atoms with Gasteiger partial charge in [0.15, 0.2) is 0 Å². The van der Waals surface area contributed by atoms with Crippen molar-refractivity contribution in [2.45, 2.75) is 25.7 Å². The van der Waals surface area contributed by atoms with E-state index in [-0.39, 0.29) is 6.01 Å². The highest BCUT2D eigenvalue weighted by Gasteiger charge is 2.19. The first-order valence-corrected chi connectivity index (χ1v) is 8.55. The summed E-state index contributed by atoms with van der Waals surface area (Å²) in [5.41, 5.74) is 2.06. The number of carbonyl (C=O) groups excluding carboxylic acids is 1. The van der Waals surface area contributed by atoms with E-state index < -0.39 is 22.8 Å². The number of rotatable bonds is 5. The zero-order valence-electron chi connectivity index (χ0n) is 13.0. The van der Waals surface area contributed by atoms with Crippen molar-refractivity contribution in [3.8, 4) is 6.01 Å². The molecular formula is C12H16N4O5S2. The maximum absolute atomic E-state index is 12.1. The Kier molecular flexibility index (Phi) is 5.34. The molecule has 0 saturated carbocycles. The fourth-order valence-corrected chi connectivity index (χ4v) is 3.72. The fourth-order valence-electron chi connectivity index (χ4n) is 1.78. The summed E-state index contributed by atoms with van der Waals surface area (Å²) in [6, 6.07) is -0.964. The molecule has 0 fully saturated rings. The number of nitrogens with one attached hydrogen (secondary N) is 1. The van der Waals surface area contributed by atoms with Gasteiger partial charge in [-0.05, 0) is 31.7 Å². The van der Waals surface area contributed by atoms with E-state index in [9.17, 15) is 13.8 Å². The molecule has 0 aromatic carbocycles. The van der Waals surface area contributed by atoms with Crippen LogP contribution in [0.15, 0.2) is 15.1 Å². The van der Waals surface area contributed by atoms with E-state index in [0.29, 0.717) is 16.2 Å². The Morgan fingerprint density at radius 3 is 2.74 bits per heavy atom. The molecule has 0 aliphatic heterocycles. The highest BCUT2D eigenvalue weighted by molar-refractivity contribution is 7.80. The van der Waals surface area contributed by atoms with Crippen molar-refractivity contribution in [2.75, 3.05) is 6.61 Å². The monoisotopic (exact) mass is 360 g/mol. The highest BCUT2D eigenvalue weighted by Crippen LogP contribution is 2.24. The molecule has 2 heterocycles. The van der Waals surface area contributed by atoms with E-state index in [2.05, 4.69) is 5.10 Å². The molecule has 23 heavy (non-hydrogen) atoms. The number of ether oxygens (including phenoxy) is 1. The Bertz CT molecular complexity index is 787. The molecule has 1 N–H and O–H groups in total. The van der Waals surface area contributed by atoms with Gasteiger partial charge in [0, 0.05) is 11.9 Å². The average Bonchev–Trinajstić information content (AvgIpc) is 2.99. The van der Waals surface area contributed by atoms with Gasteiger partial charge >= 0.3 is 17.7 Å². The summed E-state index contributed by atoms with van der Waals surface area (Å²) >= 11 is -0.451. The lowest BCUT2D eigenvalue weighted by molar-refractivity contribution is 0.186. The third-order valence-corrected chi connectivity index (χ3v) is 5.22. The molecule has 0 bridgehead atoms. The maximum Gasteiger partial charge on any atom is 0.371 e. The Hall–Kier alpha value is -1.98. The van der Waals surface area contributed by atoms with Crippen LogP contribution in [0.25, 0.3) is 0 Å². The molecule has 0 saturated heterocycles. The molecule has 1 atom stereocenters. The van der Waals surface area contributed by atoms with E-state index in [4.69, 9.17) is 9.02 Å².